The molecule has 280 valence electrons. The molecule has 0 spiro atoms. The molecule has 10 rings (SSSR count). The Kier molecular flexibility index (Phi) is 7.82. The summed E-state index contributed by atoms with van der Waals surface area (Å²) >= 11 is 0. The van der Waals surface area contributed by atoms with E-state index in [-0.39, 0.29) is 5.41 Å². The van der Waals surface area contributed by atoms with E-state index in [0.29, 0.717) is 17.5 Å². The summed E-state index contributed by atoms with van der Waals surface area (Å²) in [5.74, 6) is 1.85. The molecule has 7 heteroatoms. The van der Waals surface area contributed by atoms with Gasteiger partial charge in [0.25, 0.3) is 0 Å². The lowest BCUT2D eigenvalue weighted by Gasteiger charge is -2.21. The number of benzene rings is 6. The lowest BCUT2D eigenvalue weighted by molar-refractivity contribution is 0.617. The Bertz CT molecular complexity index is 2980. The Morgan fingerprint density at radius 3 is 1.44 bits per heavy atom. The van der Waals surface area contributed by atoms with Gasteiger partial charge >= 0.3 is 0 Å². The maximum absolute atomic E-state index is 6.19. The highest BCUT2D eigenvalue weighted by molar-refractivity contribution is 6.90. The second kappa shape index (κ2) is 12.6. The SMILES string of the molecule is CC1(C)c2ccccc2-c2cc(-c3ccc(-c4nc(-c5ccc([Si](C)(C)C)c6occc56)nc(-c5ccc([Si](C)(C)C)c6occc56)n4)c4ccccc34)ccc21. The van der Waals surface area contributed by atoms with Crippen LogP contribution >= 0.6 is 0 Å². The molecule has 5 nitrogen and oxygen atoms in total. The third kappa shape index (κ3) is 5.58. The molecule has 1 aliphatic carbocycles. The first-order valence-corrected chi connectivity index (χ1v) is 26.8. The molecule has 0 atom stereocenters. The Labute approximate surface area is 335 Å². The topological polar surface area (TPSA) is 65.0 Å². The molecule has 1 aliphatic rings. The van der Waals surface area contributed by atoms with Gasteiger partial charge in [-0.3, -0.25) is 0 Å². The van der Waals surface area contributed by atoms with Gasteiger partial charge in [0.2, 0.25) is 0 Å². The molecule has 0 saturated heterocycles. The van der Waals surface area contributed by atoms with Crippen LogP contribution in [0.4, 0.5) is 0 Å². The van der Waals surface area contributed by atoms with E-state index in [1.165, 1.54) is 43.8 Å². The molecule has 0 bridgehead atoms. The third-order valence-corrected chi connectivity index (χ3v) is 16.0. The zero-order chi connectivity index (χ0) is 39.4. The van der Waals surface area contributed by atoms with Gasteiger partial charge in [-0.1, -0.05) is 144 Å². The van der Waals surface area contributed by atoms with Gasteiger partial charge in [0.05, 0.1) is 28.7 Å². The highest BCUT2D eigenvalue weighted by Crippen LogP contribution is 2.50. The summed E-state index contributed by atoms with van der Waals surface area (Å²) < 4.78 is 12.4. The van der Waals surface area contributed by atoms with Crippen molar-refractivity contribution in [3.05, 3.63) is 139 Å². The Hall–Kier alpha value is -5.90. The Morgan fingerprint density at radius 2 is 0.877 bits per heavy atom. The number of rotatable bonds is 6. The number of furan rings is 2. The largest absolute Gasteiger partial charge is 0.464 e. The van der Waals surface area contributed by atoms with Gasteiger partial charge in [0.1, 0.15) is 11.2 Å². The summed E-state index contributed by atoms with van der Waals surface area (Å²) in [7, 11) is -3.41. The van der Waals surface area contributed by atoms with Crippen LogP contribution in [0.5, 0.6) is 0 Å². The van der Waals surface area contributed by atoms with Crippen molar-refractivity contribution in [3.8, 4) is 56.4 Å². The summed E-state index contributed by atoms with van der Waals surface area (Å²) in [6.07, 6.45) is 3.57. The van der Waals surface area contributed by atoms with E-state index in [0.717, 1.165) is 49.4 Å². The third-order valence-electron chi connectivity index (χ3n) is 12.0. The van der Waals surface area contributed by atoms with Crippen molar-refractivity contribution in [3.63, 3.8) is 0 Å². The predicted molar refractivity (Wildman–Crippen MR) is 242 cm³/mol. The zero-order valence-electron chi connectivity index (χ0n) is 33.8. The van der Waals surface area contributed by atoms with Gasteiger partial charge in [-0.05, 0) is 78.8 Å². The van der Waals surface area contributed by atoms with Crippen molar-refractivity contribution in [2.75, 3.05) is 0 Å². The minimum Gasteiger partial charge on any atom is -0.464 e. The minimum atomic E-state index is -1.70. The molecule has 0 unspecified atom stereocenters. The number of nitrogens with zero attached hydrogens (tertiary/aromatic N) is 3. The standard InChI is InChI=1S/C50H45N3O2Si2/c1-50(2)41-16-12-11-15-34(41)40-29-30(17-22-42(40)50)31-18-19-37(33-14-10-9-13-32(31)33)47-51-48(38-20-23-43(56(3,4)5)45-35(38)25-27-54-45)53-49(52-47)39-21-24-44(57(6,7)8)46-36(39)26-28-55-46/h9-29H,1-8H3. The summed E-state index contributed by atoms with van der Waals surface area (Å²) in [5, 5.41) is 6.83. The monoisotopic (exact) mass is 775 g/mol. The second-order valence-corrected chi connectivity index (χ2v) is 28.2. The maximum atomic E-state index is 6.19. The molecule has 0 amide bonds. The first-order valence-electron chi connectivity index (χ1n) is 19.8. The number of fused-ring (bicyclic) bond motifs is 6. The van der Waals surface area contributed by atoms with Crippen molar-refractivity contribution < 1.29 is 8.83 Å². The molecule has 3 heterocycles. The van der Waals surface area contributed by atoms with Crippen LogP contribution in [0.25, 0.3) is 89.1 Å². The molecule has 0 radical (unpaired) electrons. The Balaban J connectivity index is 1.19. The van der Waals surface area contributed by atoms with Crippen LogP contribution in [0.2, 0.25) is 39.3 Å². The summed E-state index contributed by atoms with van der Waals surface area (Å²) in [6.45, 7) is 18.7. The van der Waals surface area contributed by atoms with Crippen LogP contribution in [0.1, 0.15) is 25.0 Å². The molecule has 3 aromatic heterocycles. The van der Waals surface area contributed by atoms with Crippen LogP contribution < -0.4 is 10.4 Å². The van der Waals surface area contributed by atoms with E-state index in [9.17, 15) is 0 Å². The smallest absolute Gasteiger partial charge is 0.164 e. The normalized spacial score (nSPS) is 13.8. The van der Waals surface area contributed by atoms with E-state index >= 15 is 0 Å². The van der Waals surface area contributed by atoms with Gasteiger partial charge in [-0.15, -0.1) is 0 Å². The van der Waals surface area contributed by atoms with E-state index in [1.54, 1.807) is 12.5 Å². The summed E-state index contributed by atoms with van der Waals surface area (Å²) in [6, 6.07) is 41.8. The highest BCUT2D eigenvalue weighted by Gasteiger charge is 2.35. The minimum absolute atomic E-state index is 0.0431. The van der Waals surface area contributed by atoms with Gasteiger partial charge < -0.3 is 8.83 Å². The molecule has 6 aromatic carbocycles. The van der Waals surface area contributed by atoms with Crippen LogP contribution in [-0.2, 0) is 5.41 Å². The molecule has 9 aromatic rings. The quantitative estimate of drug-likeness (QED) is 0.157. The molecule has 0 fully saturated rings. The van der Waals surface area contributed by atoms with Crippen LogP contribution in [0, 0.1) is 0 Å². The highest BCUT2D eigenvalue weighted by atomic mass is 28.3. The van der Waals surface area contributed by atoms with Crippen LogP contribution in [-0.4, -0.2) is 31.1 Å². The molecule has 0 N–H and O–H groups in total. The fourth-order valence-corrected chi connectivity index (χ4v) is 12.0. The van der Waals surface area contributed by atoms with Crippen LogP contribution in [0.15, 0.2) is 137 Å². The summed E-state index contributed by atoms with van der Waals surface area (Å²) in [4.78, 5) is 15.9. The molecule has 57 heavy (non-hydrogen) atoms. The van der Waals surface area contributed by atoms with Crippen LogP contribution in [0.3, 0.4) is 0 Å². The van der Waals surface area contributed by atoms with Gasteiger partial charge in [-0.2, -0.15) is 0 Å². The van der Waals surface area contributed by atoms with E-state index in [4.69, 9.17) is 23.8 Å². The lowest BCUT2D eigenvalue weighted by Crippen LogP contribution is -2.37. The molecular formula is C50H45N3O2Si2. The first-order chi connectivity index (χ1) is 27.3. The Morgan fingerprint density at radius 1 is 0.421 bits per heavy atom. The van der Waals surface area contributed by atoms with Crippen molar-refractivity contribution >= 4 is 59.2 Å². The van der Waals surface area contributed by atoms with Crippen molar-refractivity contribution in [2.24, 2.45) is 0 Å². The second-order valence-electron chi connectivity index (χ2n) is 18.1. The van der Waals surface area contributed by atoms with Gasteiger partial charge in [0.15, 0.2) is 17.5 Å². The average molecular weight is 776 g/mol. The number of hydrogen-bond donors (Lipinski definition) is 0. The fourth-order valence-electron chi connectivity index (χ4n) is 9.07. The van der Waals surface area contributed by atoms with Gasteiger partial charge in [-0.25, -0.2) is 15.0 Å². The number of aromatic nitrogens is 3. The van der Waals surface area contributed by atoms with Crippen molar-refractivity contribution in [1.82, 2.24) is 15.0 Å². The molecule has 0 aliphatic heterocycles. The van der Waals surface area contributed by atoms with Gasteiger partial charge in [0, 0.05) is 32.9 Å². The average Bonchev–Trinajstić information content (AvgIpc) is 3.94. The van der Waals surface area contributed by atoms with E-state index < -0.39 is 16.1 Å². The first kappa shape index (κ1) is 35.5. The lowest BCUT2D eigenvalue weighted by atomic mass is 9.82. The van der Waals surface area contributed by atoms with Crippen molar-refractivity contribution in [1.29, 1.82) is 0 Å². The fraction of sp³-hybridized carbons (Fsp3) is 0.180. The maximum Gasteiger partial charge on any atom is 0.164 e. The van der Waals surface area contributed by atoms with E-state index in [1.807, 2.05) is 0 Å². The zero-order valence-corrected chi connectivity index (χ0v) is 35.8. The van der Waals surface area contributed by atoms with Crippen molar-refractivity contribution in [2.45, 2.75) is 58.5 Å². The predicted octanol–water partition coefficient (Wildman–Crippen LogP) is 12.6. The molecule has 0 saturated carbocycles. The van der Waals surface area contributed by atoms with E-state index in [2.05, 4.69) is 168 Å². The number of hydrogen-bond acceptors (Lipinski definition) is 5. The summed E-state index contributed by atoms with van der Waals surface area (Å²) in [5.41, 5.74) is 12.3. The molecular weight excluding hydrogens is 731 g/mol.